The Morgan fingerprint density at radius 1 is 1.15 bits per heavy atom. The van der Waals surface area contributed by atoms with Crippen LogP contribution in [0.2, 0.25) is 5.02 Å². The first-order valence-electron chi connectivity index (χ1n) is 7.83. The van der Waals surface area contributed by atoms with Crippen LogP contribution in [0.15, 0.2) is 51.8 Å². The fourth-order valence-electron chi connectivity index (χ4n) is 2.47. The number of nitrogens with one attached hydrogen (secondary N) is 1. The first-order chi connectivity index (χ1) is 12.7. The molecule has 0 atom stereocenters. The van der Waals surface area contributed by atoms with Crippen molar-refractivity contribution >= 4 is 44.2 Å². The summed E-state index contributed by atoms with van der Waals surface area (Å²) < 4.78 is 36.5. The maximum absolute atomic E-state index is 12.6. The number of amides is 1. The highest BCUT2D eigenvalue weighted by molar-refractivity contribution is 7.89. The molecule has 1 aromatic heterocycles. The molecule has 1 amide bonds. The number of halogens is 1. The van der Waals surface area contributed by atoms with E-state index in [2.05, 4.69) is 5.32 Å². The van der Waals surface area contributed by atoms with Crippen LogP contribution < -0.4 is 10.1 Å². The summed E-state index contributed by atoms with van der Waals surface area (Å²) in [5.74, 6) is -0.157. The second-order valence-corrected chi connectivity index (χ2v) is 8.48. The lowest BCUT2D eigenvalue weighted by Gasteiger charge is -2.14. The van der Waals surface area contributed by atoms with Crippen molar-refractivity contribution in [2.45, 2.75) is 4.90 Å². The van der Waals surface area contributed by atoms with Crippen molar-refractivity contribution in [1.29, 1.82) is 0 Å². The van der Waals surface area contributed by atoms with Crippen LogP contribution in [-0.2, 0) is 10.0 Å². The molecule has 0 radical (unpaired) electrons. The molecule has 3 aromatic rings. The average molecular weight is 409 g/mol. The Kier molecular flexibility index (Phi) is 5.14. The van der Waals surface area contributed by atoms with Gasteiger partial charge < -0.3 is 14.5 Å². The van der Waals surface area contributed by atoms with Gasteiger partial charge in [-0.05, 0) is 42.5 Å². The SMILES string of the molecule is COc1ccc(S(=O)(=O)N(C)C)cc1NC(=O)c1cc2cc(Cl)ccc2o1. The number of nitrogens with zero attached hydrogens (tertiary/aromatic N) is 1. The van der Waals surface area contributed by atoms with Crippen LogP contribution in [0.4, 0.5) is 5.69 Å². The van der Waals surface area contributed by atoms with Gasteiger partial charge in [0.15, 0.2) is 5.76 Å². The molecule has 0 saturated heterocycles. The summed E-state index contributed by atoms with van der Waals surface area (Å²) in [6.45, 7) is 0. The van der Waals surface area contributed by atoms with Gasteiger partial charge in [0.2, 0.25) is 10.0 Å². The maximum atomic E-state index is 12.6. The van der Waals surface area contributed by atoms with Crippen LogP contribution >= 0.6 is 11.6 Å². The van der Waals surface area contributed by atoms with E-state index in [9.17, 15) is 13.2 Å². The summed E-state index contributed by atoms with van der Waals surface area (Å²) in [5, 5.41) is 3.84. The molecule has 9 heteroatoms. The van der Waals surface area contributed by atoms with E-state index >= 15 is 0 Å². The van der Waals surface area contributed by atoms with Gasteiger partial charge in [0.25, 0.3) is 5.91 Å². The van der Waals surface area contributed by atoms with Crippen molar-refractivity contribution in [2.75, 3.05) is 26.5 Å². The smallest absolute Gasteiger partial charge is 0.291 e. The first kappa shape index (κ1) is 19.2. The molecule has 0 saturated carbocycles. The minimum absolute atomic E-state index is 0.0278. The lowest BCUT2D eigenvalue weighted by Crippen LogP contribution is -2.22. The number of ether oxygens (including phenoxy) is 1. The number of fused-ring (bicyclic) bond motifs is 1. The first-order valence-corrected chi connectivity index (χ1v) is 9.65. The van der Waals surface area contributed by atoms with E-state index in [0.717, 1.165) is 4.31 Å². The summed E-state index contributed by atoms with van der Waals surface area (Å²) in [6, 6.07) is 10.8. The number of hydrogen-bond donors (Lipinski definition) is 1. The number of carbonyl (C=O) groups is 1. The van der Waals surface area contributed by atoms with Gasteiger partial charge in [0.05, 0.1) is 17.7 Å². The van der Waals surface area contributed by atoms with Gasteiger partial charge in [0, 0.05) is 24.5 Å². The minimum Gasteiger partial charge on any atom is -0.495 e. The molecule has 2 aromatic carbocycles. The normalized spacial score (nSPS) is 11.7. The molecule has 0 fully saturated rings. The van der Waals surface area contributed by atoms with E-state index in [0.29, 0.717) is 21.7 Å². The third-order valence-electron chi connectivity index (χ3n) is 3.90. The average Bonchev–Trinajstić information content (AvgIpc) is 3.04. The summed E-state index contributed by atoms with van der Waals surface area (Å²) >= 11 is 5.94. The molecule has 0 aliphatic rings. The van der Waals surface area contributed by atoms with Crippen molar-refractivity contribution in [2.24, 2.45) is 0 Å². The van der Waals surface area contributed by atoms with Gasteiger partial charge in [-0.15, -0.1) is 0 Å². The zero-order valence-electron chi connectivity index (χ0n) is 14.8. The third-order valence-corrected chi connectivity index (χ3v) is 5.95. The molecule has 0 aliphatic heterocycles. The summed E-state index contributed by atoms with van der Waals surface area (Å²) in [7, 11) is 0.619. The van der Waals surface area contributed by atoms with Crippen LogP contribution in [0.1, 0.15) is 10.6 Å². The molecule has 3 rings (SSSR count). The van der Waals surface area contributed by atoms with Crippen LogP contribution in [0.25, 0.3) is 11.0 Å². The van der Waals surface area contributed by atoms with Gasteiger partial charge in [0.1, 0.15) is 11.3 Å². The van der Waals surface area contributed by atoms with Crippen molar-refractivity contribution in [3.05, 3.63) is 53.2 Å². The highest BCUT2D eigenvalue weighted by Crippen LogP contribution is 2.30. The Labute approximate surface area is 161 Å². The Morgan fingerprint density at radius 2 is 1.89 bits per heavy atom. The Morgan fingerprint density at radius 3 is 2.56 bits per heavy atom. The predicted octanol–water partition coefficient (Wildman–Crippen LogP) is 3.60. The number of rotatable bonds is 5. The van der Waals surface area contributed by atoms with Crippen molar-refractivity contribution in [3.8, 4) is 5.75 Å². The number of sulfonamides is 1. The van der Waals surface area contributed by atoms with Crippen molar-refractivity contribution in [1.82, 2.24) is 4.31 Å². The summed E-state index contributed by atoms with van der Waals surface area (Å²) in [4.78, 5) is 12.6. The standard InChI is InChI=1S/C18H17ClN2O5S/c1-21(2)27(23,24)13-5-7-16(25-3)14(10-13)20-18(22)17-9-11-8-12(19)4-6-15(11)26-17/h4-10H,1-3H3,(H,20,22). The number of benzene rings is 2. The minimum atomic E-state index is -3.66. The van der Waals surface area contributed by atoms with E-state index in [-0.39, 0.29) is 16.3 Å². The molecule has 27 heavy (non-hydrogen) atoms. The lowest BCUT2D eigenvalue weighted by atomic mass is 10.2. The molecule has 0 spiro atoms. The van der Waals surface area contributed by atoms with Gasteiger partial charge in [-0.2, -0.15) is 0 Å². The van der Waals surface area contributed by atoms with E-state index in [1.807, 2.05) is 0 Å². The fourth-order valence-corrected chi connectivity index (χ4v) is 3.58. The molecule has 0 unspecified atom stereocenters. The van der Waals surface area contributed by atoms with Gasteiger partial charge >= 0.3 is 0 Å². The molecular weight excluding hydrogens is 392 g/mol. The van der Waals surface area contributed by atoms with Gasteiger partial charge in [-0.1, -0.05) is 11.6 Å². The molecular formula is C18H17ClN2O5S. The number of carbonyl (C=O) groups excluding carboxylic acids is 1. The maximum Gasteiger partial charge on any atom is 0.291 e. The molecule has 7 nitrogen and oxygen atoms in total. The van der Waals surface area contributed by atoms with Crippen LogP contribution in [0.3, 0.4) is 0 Å². The van der Waals surface area contributed by atoms with E-state index < -0.39 is 15.9 Å². The van der Waals surface area contributed by atoms with E-state index in [1.165, 1.54) is 39.4 Å². The number of hydrogen-bond acceptors (Lipinski definition) is 5. The van der Waals surface area contributed by atoms with E-state index in [1.54, 1.807) is 24.3 Å². The molecule has 142 valence electrons. The van der Waals surface area contributed by atoms with Crippen LogP contribution in [0, 0.1) is 0 Å². The molecule has 0 aliphatic carbocycles. The fraction of sp³-hybridized carbons (Fsp3) is 0.167. The number of furan rings is 1. The van der Waals surface area contributed by atoms with Gasteiger partial charge in [-0.25, -0.2) is 12.7 Å². The largest absolute Gasteiger partial charge is 0.495 e. The molecule has 1 heterocycles. The Balaban J connectivity index is 1.96. The Hall–Kier alpha value is -2.55. The summed E-state index contributed by atoms with van der Waals surface area (Å²) in [5.41, 5.74) is 0.726. The second-order valence-electron chi connectivity index (χ2n) is 5.90. The van der Waals surface area contributed by atoms with Gasteiger partial charge in [-0.3, -0.25) is 4.79 Å². The number of methoxy groups -OCH3 is 1. The van der Waals surface area contributed by atoms with Crippen LogP contribution in [0.5, 0.6) is 5.75 Å². The van der Waals surface area contributed by atoms with E-state index in [4.69, 9.17) is 20.8 Å². The highest BCUT2D eigenvalue weighted by Gasteiger charge is 2.21. The molecule has 1 N–H and O–H groups in total. The van der Waals surface area contributed by atoms with Crippen molar-refractivity contribution in [3.63, 3.8) is 0 Å². The Bertz CT molecular complexity index is 1120. The highest BCUT2D eigenvalue weighted by atomic mass is 35.5. The topological polar surface area (TPSA) is 88.9 Å². The summed E-state index contributed by atoms with van der Waals surface area (Å²) in [6.07, 6.45) is 0. The zero-order valence-corrected chi connectivity index (χ0v) is 16.4. The quantitative estimate of drug-likeness (QED) is 0.696. The van der Waals surface area contributed by atoms with Crippen molar-refractivity contribution < 1.29 is 22.4 Å². The predicted molar refractivity (Wildman–Crippen MR) is 103 cm³/mol. The third kappa shape index (κ3) is 3.78. The monoisotopic (exact) mass is 408 g/mol. The molecule has 0 bridgehead atoms. The lowest BCUT2D eigenvalue weighted by molar-refractivity contribution is 0.0998. The van der Waals surface area contributed by atoms with Crippen LogP contribution in [-0.4, -0.2) is 39.8 Å². The number of anilines is 1. The zero-order chi connectivity index (χ0) is 19.8. The second kappa shape index (κ2) is 7.22.